The Kier molecular flexibility index (Phi) is 4.03. The van der Waals surface area contributed by atoms with E-state index in [9.17, 15) is 0 Å². The number of halogens is 1. The van der Waals surface area contributed by atoms with Crippen molar-refractivity contribution in [2.75, 3.05) is 7.11 Å². The molecule has 0 unspecified atom stereocenters. The molecule has 0 saturated heterocycles. The first kappa shape index (κ1) is 14.5. The summed E-state index contributed by atoms with van der Waals surface area (Å²) in [6.45, 7) is 4.24. The molecule has 0 bridgehead atoms. The fourth-order valence-corrected chi connectivity index (χ4v) is 2.52. The standard InChI is InChI=1S/C19H16ClNO/c1-14(15-5-11-18(22-2)12-6-15)19-4-3-13-21(19)17-9-7-16(20)8-10-17/h3-13H,1H2,2H3. The molecule has 1 aromatic heterocycles. The lowest BCUT2D eigenvalue weighted by Gasteiger charge is -2.12. The second-order valence-electron chi connectivity index (χ2n) is 4.95. The predicted octanol–water partition coefficient (Wildman–Crippen LogP) is 5.20. The maximum atomic E-state index is 5.96. The third kappa shape index (κ3) is 2.78. The molecule has 1 heterocycles. The van der Waals surface area contributed by atoms with Crippen LogP contribution in [-0.2, 0) is 0 Å². The van der Waals surface area contributed by atoms with Crippen LogP contribution < -0.4 is 4.74 Å². The zero-order chi connectivity index (χ0) is 15.5. The van der Waals surface area contributed by atoms with Crippen molar-refractivity contribution in [2.45, 2.75) is 0 Å². The molecule has 3 aromatic rings. The van der Waals surface area contributed by atoms with Gasteiger partial charge in [-0.05, 0) is 59.7 Å². The highest BCUT2D eigenvalue weighted by molar-refractivity contribution is 6.30. The highest BCUT2D eigenvalue weighted by Gasteiger charge is 2.09. The van der Waals surface area contributed by atoms with Crippen molar-refractivity contribution in [3.8, 4) is 11.4 Å². The number of aromatic nitrogens is 1. The number of hydrogen-bond acceptors (Lipinski definition) is 1. The van der Waals surface area contributed by atoms with Crippen molar-refractivity contribution < 1.29 is 4.74 Å². The Balaban J connectivity index is 1.96. The zero-order valence-corrected chi connectivity index (χ0v) is 13.0. The molecule has 0 fully saturated rings. The summed E-state index contributed by atoms with van der Waals surface area (Å²) in [5.74, 6) is 0.838. The monoisotopic (exact) mass is 309 g/mol. The number of methoxy groups -OCH3 is 1. The van der Waals surface area contributed by atoms with E-state index in [1.807, 2.05) is 60.8 Å². The van der Waals surface area contributed by atoms with E-state index in [4.69, 9.17) is 16.3 Å². The SMILES string of the molecule is C=C(c1ccc(OC)cc1)c1cccn1-c1ccc(Cl)cc1. The van der Waals surface area contributed by atoms with Gasteiger partial charge in [0.15, 0.2) is 0 Å². The average molecular weight is 310 g/mol. The van der Waals surface area contributed by atoms with Crippen molar-refractivity contribution in [3.05, 3.63) is 89.7 Å². The topological polar surface area (TPSA) is 14.2 Å². The molecule has 3 heteroatoms. The van der Waals surface area contributed by atoms with E-state index in [0.717, 1.165) is 33.3 Å². The Morgan fingerprint density at radius 2 is 1.68 bits per heavy atom. The van der Waals surface area contributed by atoms with Crippen molar-refractivity contribution in [2.24, 2.45) is 0 Å². The largest absolute Gasteiger partial charge is 0.497 e. The Bertz CT molecular complexity index is 785. The number of ether oxygens (including phenoxy) is 1. The fourth-order valence-electron chi connectivity index (χ4n) is 2.39. The number of rotatable bonds is 4. The first-order valence-electron chi connectivity index (χ1n) is 6.96. The summed E-state index contributed by atoms with van der Waals surface area (Å²) in [5.41, 5.74) is 4.13. The molecule has 0 N–H and O–H groups in total. The predicted molar refractivity (Wildman–Crippen MR) is 91.9 cm³/mol. The van der Waals surface area contributed by atoms with E-state index in [1.165, 1.54) is 0 Å². The van der Waals surface area contributed by atoms with Gasteiger partial charge in [-0.25, -0.2) is 0 Å². The molecule has 0 spiro atoms. The van der Waals surface area contributed by atoms with Gasteiger partial charge in [-0.2, -0.15) is 0 Å². The van der Waals surface area contributed by atoms with Gasteiger partial charge in [0.25, 0.3) is 0 Å². The summed E-state index contributed by atoms with van der Waals surface area (Å²) >= 11 is 5.96. The lowest BCUT2D eigenvalue weighted by atomic mass is 10.0. The first-order chi connectivity index (χ1) is 10.7. The van der Waals surface area contributed by atoms with Gasteiger partial charge in [0.1, 0.15) is 5.75 Å². The summed E-state index contributed by atoms with van der Waals surface area (Å²) in [4.78, 5) is 0. The summed E-state index contributed by atoms with van der Waals surface area (Å²) in [7, 11) is 1.66. The Labute approximate surface area is 135 Å². The lowest BCUT2D eigenvalue weighted by molar-refractivity contribution is 0.415. The molecule has 2 aromatic carbocycles. The van der Waals surface area contributed by atoms with Crippen LogP contribution in [0.15, 0.2) is 73.4 Å². The summed E-state index contributed by atoms with van der Waals surface area (Å²) in [6.07, 6.45) is 2.02. The van der Waals surface area contributed by atoms with Gasteiger partial charge in [0, 0.05) is 16.9 Å². The first-order valence-corrected chi connectivity index (χ1v) is 7.34. The van der Waals surface area contributed by atoms with Crippen LogP contribution in [0.4, 0.5) is 0 Å². The van der Waals surface area contributed by atoms with Crippen LogP contribution in [-0.4, -0.2) is 11.7 Å². The minimum Gasteiger partial charge on any atom is -0.497 e. The zero-order valence-electron chi connectivity index (χ0n) is 12.3. The van der Waals surface area contributed by atoms with Crippen LogP contribution in [0.1, 0.15) is 11.3 Å². The Hall–Kier alpha value is -2.45. The van der Waals surface area contributed by atoms with Crippen molar-refractivity contribution in [3.63, 3.8) is 0 Å². The number of nitrogens with zero attached hydrogens (tertiary/aromatic N) is 1. The minimum absolute atomic E-state index is 0.728. The summed E-state index contributed by atoms with van der Waals surface area (Å²) < 4.78 is 7.30. The van der Waals surface area contributed by atoms with Gasteiger partial charge < -0.3 is 9.30 Å². The Morgan fingerprint density at radius 1 is 1.00 bits per heavy atom. The third-order valence-electron chi connectivity index (χ3n) is 3.60. The molecule has 22 heavy (non-hydrogen) atoms. The molecule has 0 aliphatic carbocycles. The van der Waals surface area contributed by atoms with E-state index >= 15 is 0 Å². The molecule has 0 radical (unpaired) electrons. The van der Waals surface area contributed by atoms with Crippen LogP contribution in [0.5, 0.6) is 5.75 Å². The smallest absolute Gasteiger partial charge is 0.118 e. The minimum atomic E-state index is 0.728. The van der Waals surface area contributed by atoms with Gasteiger partial charge in [-0.15, -0.1) is 0 Å². The maximum absolute atomic E-state index is 5.96. The highest BCUT2D eigenvalue weighted by atomic mass is 35.5. The number of benzene rings is 2. The van der Waals surface area contributed by atoms with E-state index < -0.39 is 0 Å². The molecule has 110 valence electrons. The molecule has 0 saturated carbocycles. The second kappa shape index (κ2) is 6.12. The second-order valence-corrected chi connectivity index (χ2v) is 5.38. The summed E-state index contributed by atoms with van der Waals surface area (Å²) in [5, 5.41) is 0.728. The molecule has 0 atom stereocenters. The normalized spacial score (nSPS) is 10.5. The van der Waals surface area contributed by atoms with Gasteiger partial charge in [0.05, 0.1) is 12.8 Å². The molecular formula is C19H16ClNO. The van der Waals surface area contributed by atoms with E-state index in [2.05, 4.69) is 17.2 Å². The van der Waals surface area contributed by atoms with Crippen LogP contribution in [0, 0.1) is 0 Å². The molecule has 3 rings (SSSR count). The third-order valence-corrected chi connectivity index (χ3v) is 3.85. The van der Waals surface area contributed by atoms with E-state index in [-0.39, 0.29) is 0 Å². The average Bonchev–Trinajstić information content (AvgIpc) is 3.04. The van der Waals surface area contributed by atoms with Crippen LogP contribution in [0.25, 0.3) is 11.3 Å². The lowest BCUT2D eigenvalue weighted by Crippen LogP contribution is -1.98. The summed E-state index contributed by atoms with van der Waals surface area (Å²) in [6, 6.07) is 19.7. The number of hydrogen-bond donors (Lipinski definition) is 0. The molecular weight excluding hydrogens is 294 g/mol. The van der Waals surface area contributed by atoms with Crippen LogP contribution >= 0.6 is 11.6 Å². The van der Waals surface area contributed by atoms with Crippen molar-refractivity contribution >= 4 is 17.2 Å². The molecule has 0 aliphatic rings. The van der Waals surface area contributed by atoms with E-state index in [0.29, 0.717) is 0 Å². The fraction of sp³-hybridized carbons (Fsp3) is 0.0526. The molecule has 0 aliphatic heterocycles. The van der Waals surface area contributed by atoms with Gasteiger partial charge in [0.2, 0.25) is 0 Å². The van der Waals surface area contributed by atoms with Gasteiger partial charge >= 0.3 is 0 Å². The van der Waals surface area contributed by atoms with Gasteiger partial charge in [-0.3, -0.25) is 0 Å². The van der Waals surface area contributed by atoms with Crippen molar-refractivity contribution in [1.82, 2.24) is 4.57 Å². The van der Waals surface area contributed by atoms with Gasteiger partial charge in [-0.1, -0.05) is 30.3 Å². The highest BCUT2D eigenvalue weighted by Crippen LogP contribution is 2.26. The molecule has 2 nitrogen and oxygen atoms in total. The maximum Gasteiger partial charge on any atom is 0.118 e. The molecule has 0 amide bonds. The van der Waals surface area contributed by atoms with Crippen LogP contribution in [0.2, 0.25) is 5.02 Å². The van der Waals surface area contributed by atoms with Crippen molar-refractivity contribution in [1.29, 1.82) is 0 Å². The Morgan fingerprint density at radius 3 is 2.32 bits per heavy atom. The van der Waals surface area contributed by atoms with E-state index in [1.54, 1.807) is 7.11 Å². The van der Waals surface area contributed by atoms with Crippen LogP contribution in [0.3, 0.4) is 0 Å². The quantitative estimate of drug-likeness (QED) is 0.646.